The van der Waals surface area contributed by atoms with E-state index in [-0.39, 0.29) is 18.4 Å². The van der Waals surface area contributed by atoms with E-state index in [9.17, 15) is 9.59 Å². The fourth-order valence-corrected chi connectivity index (χ4v) is 2.45. The molecule has 2 heterocycles. The number of primary amides is 1. The number of nitrogens with two attached hydrogens (primary N) is 1. The van der Waals surface area contributed by atoms with Gasteiger partial charge in [-0.05, 0) is 12.1 Å². The molecule has 0 unspecified atom stereocenters. The van der Waals surface area contributed by atoms with Crippen molar-refractivity contribution in [2.75, 3.05) is 24.7 Å². The van der Waals surface area contributed by atoms with Crippen LogP contribution in [-0.2, 0) is 4.79 Å². The fraction of sp³-hybridized carbons (Fsp3) is 0.385. The Morgan fingerprint density at radius 2 is 2.05 bits per heavy atom. The topological polar surface area (TPSA) is 93.9 Å². The van der Waals surface area contributed by atoms with E-state index in [0.29, 0.717) is 31.3 Å². The van der Waals surface area contributed by atoms with Gasteiger partial charge in [0, 0.05) is 24.7 Å². The van der Waals surface area contributed by atoms with Crippen molar-refractivity contribution in [3.63, 3.8) is 0 Å². The Hall–Kier alpha value is -2.44. The minimum Gasteiger partial charge on any atom is -0.486 e. The molecule has 0 radical (unpaired) electrons. The van der Waals surface area contributed by atoms with Crippen LogP contribution in [0.2, 0.25) is 0 Å². The maximum atomic E-state index is 12.0. The van der Waals surface area contributed by atoms with Crippen LogP contribution >= 0.6 is 0 Å². The summed E-state index contributed by atoms with van der Waals surface area (Å²) in [6.07, 6.45) is 0.247. The Balaban J connectivity index is 1.79. The van der Waals surface area contributed by atoms with Gasteiger partial charge in [0.2, 0.25) is 5.91 Å². The fourth-order valence-electron chi connectivity index (χ4n) is 2.45. The average Bonchev–Trinajstić information content (AvgIpc) is 2.78. The Labute approximate surface area is 115 Å². The third kappa shape index (κ3) is 2.34. The molecule has 0 aliphatic carbocycles. The Kier molecular flexibility index (Phi) is 3.09. The summed E-state index contributed by atoms with van der Waals surface area (Å²) in [5.74, 6) is 1.26. The largest absolute Gasteiger partial charge is 0.486 e. The van der Waals surface area contributed by atoms with E-state index < -0.39 is 6.03 Å². The van der Waals surface area contributed by atoms with Gasteiger partial charge in [0.1, 0.15) is 13.2 Å². The van der Waals surface area contributed by atoms with Crippen LogP contribution in [0.15, 0.2) is 18.2 Å². The minimum absolute atomic E-state index is 0.0552. The highest BCUT2D eigenvalue weighted by Gasteiger charge is 2.31. The zero-order valence-electron chi connectivity index (χ0n) is 10.8. The van der Waals surface area contributed by atoms with Crippen LogP contribution in [0.3, 0.4) is 0 Å². The van der Waals surface area contributed by atoms with Crippen LogP contribution < -0.4 is 25.4 Å². The normalized spacial score (nSPS) is 20.9. The van der Waals surface area contributed by atoms with Gasteiger partial charge in [-0.1, -0.05) is 0 Å². The van der Waals surface area contributed by atoms with Gasteiger partial charge in [0.25, 0.3) is 0 Å². The lowest BCUT2D eigenvalue weighted by molar-refractivity contribution is -0.117. The summed E-state index contributed by atoms with van der Waals surface area (Å²) in [5, 5.41) is 2.55. The molecule has 3 amide bonds. The number of carbonyl (C=O) groups is 2. The predicted octanol–water partition coefficient (Wildman–Crippen LogP) is 0.231. The second-order valence-electron chi connectivity index (χ2n) is 4.74. The smallest absolute Gasteiger partial charge is 0.312 e. The highest BCUT2D eigenvalue weighted by molar-refractivity contribution is 5.97. The van der Waals surface area contributed by atoms with Crippen molar-refractivity contribution in [2.45, 2.75) is 12.5 Å². The van der Waals surface area contributed by atoms with Crippen LogP contribution in [0.1, 0.15) is 6.42 Å². The quantitative estimate of drug-likeness (QED) is 0.809. The van der Waals surface area contributed by atoms with Crippen molar-refractivity contribution in [3.8, 4) is 11.5 Å². The molecular formula is C13H15N3O4. The highest BCUT2D eigenvalue weighted by Crippen LogP contribution is 2.35. The number of benzene rings is 1. The maximum Gasteiger partial charge on any atom is 0.312 e. The SMILES string of the molecule is NC(=O)N[C@@H]1CC(=O)N(c2ccc3c(c2)OCCO3)C1. The third-order valence-corrected chi connectivity index (χ3v) is 3.31. The van der Waals surface area contributed by atoms with Gasteiger partial charge in [0.15, 0.2) is 11.5 Å². The standard InChI is InChI=1S/C13H15N3O4/c14-13(18)15-8-5-12(17)16(7-8)9-1-2-10-11(6-9)20-4-3-19-10/h1-2,6,8H,3-5,7H2,(H3,14,15,18)/t8-/m1/s1. The molecule has 1 saturated heterocycles. The van der Waals surface area contributed by atoms with E-state index >= 15 is 0 Å². The number of nitrogens with zero attached hydrogens (tertiary/aromatic N) is 1. The molecule has 3 rings (SSSR count). The monoisotopic (exact) mass is 277 g/mol. The van der Waals surface area contributed by atoms with E-state index in [1.807, 2.05) is 0 Å². The van der Waals surface area contributed by atoms with Gasteiger partial charge in [-0.25, -0.2) is 4.79 Å². The maximum absolute atomic E-state index is 12.0. The zero-order valence-corrected chi connectivity index (χ0v) is 10.8. The van der Waals surface area contributed by atoms with Crippen molar-refractivity contribution in [2.24, 2.45) is 5.73 Å². The molecule has 2 aliphatic rings. The molecular weight excluding hydrogens is 262 g/mol. The van der Waals surface area contributed by atoms with E-state index in [1.54, 1.807) is 23.1 Å². The first-order valence-electron chi connectivity index (χ1n) is 6.39. The summed E-state index contributed by atoms with van der Waals surface area (Å²) in [6.45, 7) is 1.43. The third-order valence-electron chi connectivity index (χ3n) is 3.31. The predicted molar refractivity (Wildman–Crippen MR) is 70.9 cm³/mol. The van der Waals surface area contributed by atoms with Gasteiger partial charge in [-0.2, -0.15) is 0 Å². The lowest BCUT2D eigenvalue weighted by Gasteiger charge is -2.22. The summed E-state index contributed by atoms with van der Waals surface area (Å²) in [4.78, 5) is 24.4. The summed E-state index contributed by atoms with van der Waals surface area (Å²) < 4.78 is 10.9. The van der Waals surface area contributed by atoms with Gasteiger partial charge in [0.05, 0.1) is 6.04 Å². The zero-order chi connectivity index (χ0) is 14.1. The average molecular weight is 277 g/mol. The lowest BCUT2D eigenvalue weighted by Crippen LogP contribution is -2.40. The number of fused-ring (bicyclic) bond motifs is 1. The van der Waals surface area contributed by atoms with E-state index in [2.05, 4.69) is 5.32 Å². The number of hydrogen-bond donors (Lipinski definition) is 2. The highest BCUT2D eigenvalue weighted by atomic mass is 16.6. The van der Waals surface area contributed by atoms with Crippen LogP contribution in [-0.4, -0.2) is 37.7 Å². The molecule has 1 aromatic carbocycles. The van der Waals surface area contributed by atoms with Crippen molar-refractivity contribution in [3.05, 3.63) is 18.2 Å². The summed E-state index contributed by atoms with van der Waals surface area (Å²) >= 11 is 0. The van der Waals surface area contributed by atoms with Crippen LogP contribution in [0, 0.1) is 0 Å². The van der Waals surface area contributed by atoms with Crippen molar-refractivity contribution in [1.82, 2.24) is 5.32 Å². The molecule has 7 nitrogen and oxygen atoms in total. The van der Waals surface area contributed by atoms with Gasteiger partial charge < -0.3 is 25.4 Å². The number of hydrogen-bond acceptors (Lipinski definition) is 4. The molecule has 3 N–H and O–H groups in total. The molecule has 0 bridgehead atoms. The number of amides is 3. The van der Waals surface area contributed by atoms with E-state index in [4.69, 9.17) is 15.2 Å². The number of urea groups is 1. The van der Waals surface area contributed by atoms with Crippen molar-refractivity contribution >= 4 is 17.6 Å². The van der Waals surface area contributed by atoms with Crippen molar-refractivity contribution < 1.29 is 19.1 Å². The molecule has 7 heteroatoms. The number of ether oxygens (including phenoxy) is 2. The Bertz CT molecular complexity index is 561. The number of anilines is 1. The van der Waals surface area contributed by atoms with Gasteiger partial charge in [-0.3, -0.25) is 4.79 Å². The van der Waals surface area contributed by atoms with Gasteiger partial charge >= 0.3 is 6.03 Å². The van der Waals surface area contributed by atoms with Gasteiger partial charge in [-0.15, -0.1) is 0 Å². The number of carbonyl (C=O) groups excluding carboxylic acids is 2. The lowest BCUT2D eigenvalue weighted by atomic mass is 10.2. The second-order valence-corrected chi connectivity index (χ2v) is 4.74. The van der Waals surface area contributed by atoms with Crippen LogP contribution in [0.4, 0.5) is 10.5 Å². The molecule has 1 aromatic rings. The molecule has 0 saturated carbocycles. The Morgan fingerprint density at radius 1 is 1.30 bits per heavy atom. The first-order valence-corrected chi connectivity index (χ1v) is 6.39. The molecule has 1 fully saturated rings. The summed E-state index contributed by atoms with van der Waals surface area (Å²) in [7, 11) is 0. The first-order chi connectivity index (χ1) is 9.63. The first kappa shape index (κ1) is 12.6. The minimum atomic E-state index is -0.619. The molecule has 0 aromatic heterocycles. The number of nitrogens with one attached hydrogen (secondary N) is 1. The van der Waals surface area contributed by atoms with E-state index in [0.717, 1.165) is 5.69 Å². The molecule has 106 valence electrons. The molecule has 20 heavy (non-hydrogen) atoms. The van der Waals surface area contributed by atoms with E-state index in [1.165, 1.54) is 0 Å². The van der Waals surface area contributed by atoms with Crippen LogP contribution in [0.25, 0.3) is 0 Å². The molecule has 2 aliphatic heterocycles. The number of rotatable bonds is 2. The summed E-state index contributed by atoms with van der Waals surface area (Å²) in [5.41, 5.74) is 5.81. The van der Waals surface area contributed by atoms with Crippen molar-refractivity contribution in [1.29, 1.82) is 0 Å². The second kappa shape index (κ2) is 4.92. The molecule has 1 atom stereocenters. The summed E-state index contributed by atoms with van der Waals surface area (Å²) in [6, 6.07) is 4.49. The molecule has 0 spiro atoms. The Morgan fingerprint density at radius 3 is 2.80 bits per heavy atom. The van der Waals surface area contributed by atoms with Crippen LogP contribution in [0.5, 0.6) is 11.5 Å².